The molecule has 3 atom stereocenters. The van der Waals surface area contributed by atoms with Crippen molar-refractivity contribution in [1.29, 1.82) is 5.26 Å². The van der Waals surface area contributed by atoms with Gasteiger partial charge in [-0.2, -0.15) is 15.2 Å². The van der Waals surface area contributed by atoms with Crippen LogP contribution in [0.5, 0.6) is 6.01 Å². The van der Waals surface area contributed by atoms with Gasteiger partial charge in [-0.3, -0.25) is 0 Å². The molecule has 0 radical (unpaired) electrons. The van der Waals surface area contributed by atoms with E-state index in [-0.39, 0.29) is 12.1 Å². The van der Waals surface area contributed by atoms with Crippen LogP contribution in [0.2, 0.25) is 5.02 Å². The van der Waals surface area contributed by atoms with E-state index in [1.807, 2.05) is 12.1 Å². The monoisotopic (exact) mass is 532 g/mol. The van der Waals surface area contributed by atoms with Crippen molar-refractivity contribution in [3.63, 3.8) is 0 Å². The van der Waals surface area contributed by atoms with Gasteiger partial charge in [0, 0.05) is 54.1 Å². The number of halogens is 1. The lowest BCUT2D eigenvalue weighted by molar-refractivity contribution is 0.0265. The molecule has 3 aliphatic heterocycles. The third-order valence-corrected chi connectivity index (χ3v) is 8.38. The highest BCUT2D eigenvalue weighted by atomic mass is 35.5. The Morgan fingerprint density at radius 3 is 2.89 bits per heavy atom. The number of likely N-dealkylation sites (N-methyl/N-ethyl adjacent to an activating group) is 1. The molecule has 0 aliphatic carbocycles. The molecule has 2 saturated heterocycles. The summed E-state index contributed by atoms with van der Waals surface area (Å²) in [4.78, 5) is 14.4. The molecule has 38 heavy (non-hydrogen) atoms. The number of hydrogen-bond donors (Lipinski definition) is 1. The van der Waals surface area contributed by atoms with Crippen LogP contribution in [0, 0.1) is 11.3 Å². The Labute approximate surface area is 228 Å². The molecule has 0 amide bonds. The van der Waals surface area contributed by atoms with Crippen LogP contribution in [-0.4, -0.2) is 66.8 Å². The van der Waals surface area contributed by atoms with Crippen molar-refractivity contribution in [2.75, 3.05) is 44.7 Å². The highest BCUT2D eigenvalue weighted by Gasteiger charge is 2.31. The predicted molar refractivity (Wildman–Crippen MR) is 148 cm³/mol. The van der Waals surface area contributed by atoms with Gasteiger partial charge >= 0.3 is 6.01 Å². The Morgan fingerprint density at radius 2 is 2.08 bits per heavy atom. The molecular weight excluding hydrogens is 500 g/mol. The first kappa shape index (κ1) is 25.3. The van der Waals surface area contributed by atoms with Crippen LogP contribution in [0.1, 0.15) is 42.2 Å². The lowest BCUT2D eigenvalue weighted by Crippen LogP contribution is -2.51. The molecule has 8 nitrogen and oxygen atoms in total. The normalized spacial score (nSPS) is 23.8. The number of anilines is 1. The molecule has 0 saturated carbocycles. The van der Waals surface area contributed by atoms with E-state index in [4.69, 9.17) is 31.0 Å². The standard InChI is InChI=1S/C29H33ClN6O2/c1-35-13-4-7-21(35)17-38-29-33-25-15-26(22-8-2-5-19-6-3-9-24(30)27(19)22)37-18-23(25)28(34-29)36-14-12-32-20(16-36)10-11-31/h2-3,5-6,8-9,20-21,26,32H,4,7,10,12-18H2,1H3/t20-,21-,26?/m0/s1. The number of likely N-dealkylation sites (tertiary alicyclic amines) is 1. The molecule has 1 N–H and O–H groups in total. The van der Waals surface area contributed by atoms with E-state index in [2.05, 4.69) is 52.5 Å². The number of nitrogens with one attached hydrogen (secondary N) is 1. The maximum absolute atomic E-state index is 9.25. The minimum Gasteiger partial charge on any atom is -0.462 e. The van der Waals surface area contributed by atoms with Gasteiger partial charge < -0.3 is 24.6 Å². The van der Waals surface area contributed by atoms with Crippen molar-refractivity contribution in [1.82, 2.24) is 20.2 Å². The zero-order valence-electron chi connectivity index (χ0n) is 21.7. The number of nitrogens with zero attached hydrogens (tertiary/aromatic N) is 5. The van der Waals surface area contributed by atoms with Crippen LogP contribution in [0.3, 0.4) is 0 Å². The number of benzene rings is 2. The summed E-state index contributed by atoms with van der Waals surface area (Å²) in [5.41, 5.74) is 3.04. The molecule has 6 rings (SSSR count). The molecule has 198 valence electrons. The number of ether oxygens (including phenoxy) is 2. The number of hydrogen-bond acceptors (Lipinski definition) is 8. The van der Waals surface area contributed by atoms with Gasteiger partial charge in [0.15, 0.2) is 0 Å². The maximum Gasteiger partial charge on any atom is 0.318 e. The quantitative estimate of drug-likeness (QED) is 0.504. The number of nitriles is 1. The minimum atomic E-state index is -0.169. The van der Waals surface area contributed by atoms with Gasteiger partial charge in [0.25, 0.3) is 0 Å². The lowest BCUT2D eigenvalue weighted by atomic mass is 9.94. The van der Waals surface area contributed by atoms with E-state index >= 15 is 0 Å². The van der Waals surface area contributed by atoms with Gasteiger partial charge in [0.05, 0.1) is 30.9 Å². The molecule has 3 aromatic rings. The van der Waals surface area contributed by atoms with Gasteiger partial charge in [-0.05, 0) is 43.5 Å². The van der Waals surface area contributed by atoms with Crippen LogP contribution in [0.15, 0.2) is 36.4 Å². The number of rotatable bonds is 6. The smallest absolute Gasteiger partial charge is 0.318 e. The van der Waals surface area contributed by atoms with Crippen LogP contribution >= 0.6 is 11.6 Å². The second kappa shape index (κ2) is 11.0. The molecule has 1 unspecified atom stereocenters. The topological polar surface area (TPSA) is 86.5 Å². The molecule has 0 bridgehead atoms. The van der Waals surface area contributed by atoms with E-state index in [1.165, 1.54) is 6.42 Å². The van der Waals surface area contributed by atoms with Gasteiger partial charge in [-0.25, -0.2) is 0 Å². The van der Waals surface area contributed by atoms with Crippen LogP contribution < -0.4 is 15.0 Å². The Kier molecular flexibility index (Phi) is 7.35. The molecular formula is C29H33ClN6O2. The average Bonchev–Trinajstić information content (AvgIpc) is 3.35. The number of piperazine rings is 1. The third-order valence-electron chi connectivity index (χ3n) is 8.06. The number of fused-ring (bicyclic) bond motifs is 2. The summed E-state index contributed by atoms with van der Waals surface area (Å²) in [5.74, 6) is 0.864. The zero-order valence-corrected chi connectivity index (χ0v) is 22.5. The van der Waals surface area contributed by atoms with E-state index in [0.29, 0.717) is 44.7 Å². The fourth-order valence-electron chi connectivity index (χ4n) is 5.97. The average molecular weight is 533 g/mol. The van der Waals surface area contributed by atoms with Crippen molar-refractivity contribution >= 4 is 28.2 Å². The Bertz CT molecular complexity index is 1360. The van der Waals surface area contributed by atoms with Crippen molar-refractivity contribution in [3.05, 3.63) is 58.2 Å². The minimum absolute atomic E-state index is 0.103. The van der Waals surface area contributed by atoms with Crippen molar-refractivity contribution in [2.24, 2.45) is 0 Å². The van der Waals surface area contributed by atoms with Gasteiger partial charge in [-0.15, -0.1) is 0 Å². The maximum atomic E-state index is 9.25. The first-order valence-corrected chi connectivity index (χ1v) is 13.9. The second-order valence-electron chi connectivity index (χ2n) is 10.5. The van der Waals surface area contributed by atoms with Gasteiger partial charge in [0.1, 0.15) is 12.4 Å². The fraction of sp³-hybridized carbons (Fsp3) is 0.483. The van der Waals surface area contributed by atoms with Crippen LogP contribution in [0.4, 0.5) is 5.82 Å². The van der Waals surface area contributed by atoms with E-state index in [1.54, 1.807) is 0 Å². The van der Waals surface area contributed by atoms with E-state index in [9.17, 15) is 5.26 Å². The van der Waals surface area contributed by atoms with Crippen molar-refractivity contribution < 1.29 is 9.47 Å². The summed E-state index contributed by atoms with van der Waals surface area (Å²) in [6.07, 6.45) is 3.22. The number of aromatic nitrogens is 2. The molecule has 3 aliphatic rings. The Morgan fingerprint density at radius 1 is 1.21 bits per heavy atom. The highest BCUT2D eigenvalue weighted by Crippen LogP contribution is 2.39. The SMILES string of the molecule is CN1CCC[C@H]1COc1nc2c(c(N3CCN[C@@H](CC#N)C3)n1)COC(c1cccc3cccc(Cl)c13)C2. The molecule has 0 spiro atoms. The molecule has 2 fully saturated rings. The van der Waals surface area contributed by atoms with E-state index < -0.39 is 0 Å². The molecule has 4 heterocycles. The van der Waals surface area contributed by atoms with Crippen LogP contribution in [-0.2, 0) is 17.8 Å². The lowest BCUT2D eigenvalue weighted by Gasteiger charge is -2.36. The Hall–Kier alpha value is -2.96. The van der Waals surface area contributed by atoms with Gasteiger partial charge in [-0.1, -0.05) is 41.9 Å². The summed E-state index contributed by atoms with van der Waals surface area (Å²) in [6.45, 7) is 4.40. The molecule has 2 aromatic carbocycles. The van der Waals surface area contributed by atoms with Crippen LogP contribution in [0.25, 0.3) is 10.8 Å². The zero-order chi connectivity index (χ0) is 26.1. The van der Waals surface area contributed by atoms with Crippen molar-refractivity contribution in [2.45, 2.75) is 50.5 Å². The highest BCUT2D eigenvalue weighted by molar-refractivity contribution is 6.35. The first-order valence-electron chi connectivity index (χ1n) is 13.5. The van der Waals surface area contributed by atoms with Gasteiger partial charge in [0.2, 0.25) is 0 Å². The summed E-state index contributed by atoms with van der Waals surface area (Å²) in [6, 6.07) is 15.4. The summed E-state index contributed by atoms with van der Waals surface area (Å²) in [7, 11) is 2.15. The predicted octanol–water partition coefficient (Wildman–Crippen LogP) is 4.26. The fourth-order valence-corrected chi connectivity index (χ4v) is 6.26. The summed E-state index contributed by atoms with van der Waals surface area (Å²) < 4.78 is 12.7. The summed E-state index contributed by atoms with van der Waals surface area (Å²) in [5, 5.41) is 15.6. The third kappa shape index (κ3) is 5.04. The van der Waals surface area contributed by atoms with E-state index in [0.717, 1.165) is 64.5 Å². The second-order valence-corrected chi connectivity index (χ2v) is 10.9. The van der Waals surface area contributed by atoms with Crippen molar-refractivity contribution in [3.8, 4) is 12.1 Å². The Balaban J connectivity index is 1.34. The molecule has 1 aromatic heterocycles. The first-order chi connectivity index (χ1) is 18.6. The summed E-state index contributed by atoms with van der Waals surface area (Å²) >= 11 is 6.65. The molecule has 9 heteroatoms. The largest absolute Gasteiger partial charge is 0.462 e.